The van der Waals surface area contributed by atoms with Crippen LogP contribution in [-0.2, 0) is 11.3 Å². The van der Waals surface area contributed by atoms with E-state index in [1.165, 1.54) is 16.3 Å². The zero-order valence-corrected chi connectivity index (χ0v) is 16.7. The predicted octanol–water partition coefficient (Wildman–Crippen LogP) is 3.98. The molecule has 8 heteroatoms. The van der Waals surface area contributed by atoms with E-state index in [1.807, 2.05) is 0 Å². The summed E-state index contributed by atoms with van der Waals surface area (Å²) < 4.78 is 6.64. The highest BCUT2D eigenvalue weighted by Crippen LogP contribution is 2.21. The Balaban J connectivity index is 1.82. The summed E-state index contributed by atoms with van der Waals surface area (Å²) in [6.45, 7) is 3.99. The lowest BCUT2D eigenvalue weighted by molar-refractivity contribution is -0.113. The Labute approximate surface area is 171 Å². The van der Waals surface area contributed by atoms with Crippen molar-refractivity contribution >= 4 is 45.9 Å². The smallest absolute Gasteiger partial charge is 0.262 e. The van der Waals surface area contributed by atoms with E-state index in [2.05, 4.69) is 16.9 Å². The van der Waals surface area contributed by atoms with Gasteiger partial charge in [-0.2, -0.15) is 0 Å². The highest BCUT2D eigenvalue weighted by Gasteiger charge is 2.13. The maximum atomic E-state index is 12.8. The fourth-order valence-electron chi connectivity index (χ4n) is 2.60. The van der Waals surface area contributed by atoms with Crippen LogP contribution in [0.1, 0.15) is 0 Å². The van der Waals surface area contributed by atoms with Crippen LogP contribution >= 0.6 is 23.4 Å². The highest BCUT2D eigenvalue weighted by molar-refractivity contribution is 7.99. The third-order valence-corrected chi connectivity index (χ3v) is 5.09. The molecule has 1 N–H and O–H groups in total. The molecule has 3 aromatic rings. The number of rotatable bonds is 7. The third-order valence-electron chi connectivity index (χ3n) is 3.88. The van der Waals surface area contributed by atoms with E-state index in [1.54, 1.807) is 55.7 Å². The molecule has 0 spiro atoms. The number of anilines is 1. The van der Waals surface area contributed by atoms with Gasteiger partial charge in [-0.1, -0.05) is 35.5 Å². The standard InChI is InChI=1S/C20H18ClN3O3S/c1-3-9-24-19(26)16-8-7-13(21)10-17(16)23-20(24)28-12-18(25)22-14-5-4-6-15(11-14)27-2/h3-8,10-11H,1,9,12H2,2H3,(H,22,25). The number of ether oxygens (including phenoxy) is 1. The Morgan fingerprint density at radius 3 is 2.93 bits per heavy atom. The van der Waals surface area contributed by atoms with E-state index >= 15 is 0 Å². The molecular weight excluding hydrogens is 398 g/mol. The van der Waals surface area contributed by atoms with Crippen molar-refractivity contribution in [1.29, 1.82) is 0 Å². The number of methoxy groups -OCH3 is 1. The van der Waals surface area contributed by atoms with Gasteiger partial charge >= 0.3 is 0 Å². The number of nitrogens with one attached hydrogen (secondary N) is 1. The van der Waals surface area contributed by atoms with Crippen molar-refractivity contribution in [3.63, 3.8) is 0 Å². The van der Waals surface area contributed by atoms with Gasteiger partial charge < -0.3 is 10.1 Å². The first-order chi connectivity index (χ1) is 13.5. The lowest BCUT2D eigenvalue weighted by Gasteiger charge is -2.12. The molecule has 3 rings (SSSR count). The van der Waals surface area contributed by atoms with E-state index in [0.717, 1.165) is 0 Å². The van der Waals surface area contributed by atoms with E-state index < -0.39 is 0 Å². The van der Waals surface area contributed by atoms with Crippen LogP contribution < -0.4 is 15.6 Å². The van der Waals surface area contributed by atoms with E-state index in [4.69, 9.17) is 16.3 Å². The fourth-order valence-corrected chi connectivity index (χ4v) is 3.58. The number of benzene rings is 2. The van der Waals surface area contributed by atoms with Gasteiger partial charge in [0.25, 0.3) is 5.56 Å². The SMILES string of the molecule is C=CCn1c(SCC(=O)Nc2cccc(OC)c2)nc2cc(Cl)ccc2c1=O. The quantitative estimate of drug-likeness (QED) is 0.359. The van der Waals surface area contributed by atoms with Gasteiger partial charge in [-0.15, -0.1) is 6.58 Å². The van der Waals surface area contributed by atoms with Crippen LogP contribution in [0.25, 0.3) is 10.9 Å². The van der Waals surface area contributed by atoms with E-state index in [0.29, 0.717) is 39.1 Å². The molecule has 28 heavy (non-hydrogen) atoms. The molecule has 0 aliphatic carbocycles. The topological polar surface area (TPSA) is 73.2 Å². The first-order valence-electron chi connectivity index (χ1n) is 8.39. The molecule has 0 bridgehead atoms. The molecule has 0 unspecified atom stereocenters. The maximum Gasteiger partial charge on any atom is 0.262 e. The summed E-state index contributed by atoms with van der Waals surface area (Å²) in [6, 6.07) is 12.0. The number of hydrogen-bond acceptors (Lipinski definition) is 5. The van der Waals surface area contributed by atoms with E-state index in [9.17, 15) is 9.59 Å². The van der Waals surface area contributed by atoms with Crippen LogP contribution in [0.3, 0.4) is 0 Å². The zero-order valence-electron chi connectivity index (χ0n) is 15.1. The minimum atomic E-state index is -0.219. The second-order valence-corrected chi connectivity index (χ2v) is 7.21. The first-order valence-corrected chi connectivity index (χ1v) is 9.76. The molecule has 0 fully saturated rings. The number of thioether (sulfide) groups is 1. The molecule has 144 valence electrons. The summed E-state index contributed by atoms with van der Waals surface area (Å²) >= 11 is 7.20. The first kappa shape index (κ1) is 20.0. The van der Waals surface area contributed by atoms with Crippen LogP contribution in [0.4, 0.5) is 5.69 Å². The molecule has 0 saturated heterocycles. The maximum absolute atomic E-state index is 12.8. The number of halogens is 1. The number of fused-ring (bicyclic) bond motifs is 1. The largest absolute Gasteiger partial charge is 0.497 e. The molecule has 1 aromatic heterocycles. The van der Waals surface area contributed by atoms with Crippen molar-refractivity contribution in [2.24, 2.45) is 0 Å². The summed E-state index contributed by atoms with van der Waals surface area (Å²) in [7, 11) is 1.56. The van der Waals surface area contributed by atoms with Crippen molar-refractivity contribution in [2.45, 2.75) is 11.7 Å². The number of aromatic nitrogens is 2. The van der Waals surface area contributed by atoms with Gasteiger partial charge in [-0.3, -0.25) is 14.2 Å². The Hall–Kier alpha value is -2.77. The van der Waals surface area contributed by atoms with E-state index in [-0.39, 0.29) is 17.2 Å². The molecule has 0 radical (unpaired) electrons. The van der Waals surface area contributed by atoms with Gasteiger partial charge in [0.05, 0.1) is 23.8 Å². The Morgan fingerprint density at radius 1 is 1.36 bits per heavy atom. The van der Waals surface area contributed by atoms with Crippen molar-refractivity contribution < 1.29 is 9.53 Å². The third kappa shape index (κ3) is 4.55. The lowest BCUT2D eigenvalue weighted by Crippen LogP contribution is -2.23. The molecule has 0 aliphatic rings. The molecular formula is C20H18ClN3O3S. The van der Waals surface area contributed by atoms with Crippen molar-refractivity contribution in [3.8, 4) is 5.75 Å². The number of hydrogen-bond donors (Lipinski definition) is 1. The Morgan fingerprint density at radius 2 is 2.18 bits per heavy atom. The summed E-state index contributed by atoms with van der Waals surface area (Å²) in [5, 5.41) is 4.20. The summed E-state index contributed by atoms with van der Waals surface area (Å²) in [6.07, 6.45) is 1.62. The second-order valence-electron chi connectivity index (χ2n) is 5.83. The molecule has 6 nitrogen and oxygen atoms in total. The Kier molecular flexibility index (Phi) is 6.38. The molecule has 2 aromatic carbocycles. The van der Waals surface area contributed by atoms with Gasteiger partial charge in [-0.05, 0) is 30.3 Å². The normalized spacial score (nSPS) is 10.6. The average Bonchev–Trinajstić information content (AvgIpc) is 2.68. The van der Waals surface area contributed by atoms with Gasteiger partial charge in [0, 0.05) is 23.3 Å². The number of carbonyl (C=O) groups is 1. The van der Waals surface area contributed by atoms with Gasteiger partial charge in [0.15, 0.2) is 5.16 Å². The van der Waals surface area contributed by atoms with Gasteiger partial charge in [0.1, 0.15) is 5.75 Å². The van der Waals surface area contributed by atoms with Gasteiger partial charge in [-0.25, -0.2) is 4.98 Å². The van der Waals surface area contributed by atoms with Crippen LogP contribution in [0.5, 0.6) is 5.75 Å². The van der Waals surface area contributed by atoms with Gasteiger partial charge in [0.2, 0.25) is 5.91 Å². The molecule has 1 amide bonds. The zero-order chi connectivity index (χ0) is 20.1. The summed E-state index contributed by atoms with van der Waals surface area (Å²) in [4.78, 5) is 29.6. The van der Waals surface area contributed by atoms with Crippen LogP contribution in [-0.4, -0.2) is 28.3 Å². The molecule has 0 saturated carbocycles. The number of carbonyl (C=O) groups excluding carboxylic acids is 1. The van der Waals surface area contributed by atoms with Crippen LogP contribution in [0.2, 0.25) is 5.02 Å². The monoisotopic (exact) mass is 415 g/mol. The predicted molar refractivity (Wildman–Crippen MR) is 114 cm³/mol. The van der Waals surface area contributed by atoms with Crippen LogP contribution in [0, 0.1) is 0 Å². The minimum Gasteiger partial charge on any atom is -0.497 e. The average molecular weight is 416 g/mol. The molecule has 0 atom stereocenters. The second kappa shape index (κ2) is 8.95. The number of nitrogens with zero attached hydrogens (tertiary/aromatic N) is 2. The fraction of sp³-hybridized carbons (Fsp3) is 0.150. The minimum absolute atomic E-state index is 0.0901. The molecule has 0 aliphatic heterocycles. The van der Waals surface area contributed by atoms with Crippen molar-refractivity contribution in [3.05, 3.63) is 70.5 Å². The summed E-state index contributed by atoms with van der Waals surface area (Å²) in [5.41, 5.74) is 0.928. The Bertz CT molecular complexity index is 1100. The number of amides is 1. The number of allylic oxidation sites excluding steroid dienone is 1. The molecule has 1 heterocycles. The summed E-state index contributed by atoms with van der Waals surface area (Å²) in [5.74, 6) is 0.523. The van der Waals surface area contributed by atoms with Crippen molar-refractivity contribution in [2.75, 3.05) is 18.2 Å². The van der Waals surface area contributed by atoms with Crippen LogP contribution in [0.15, 0.2) is 65.1 Å². The van der Waals surface area contributed by atoms with Crippen molar-refractivity contribution in [1.82, 2.24) is 9.55 Å². The highest BCUT2D eigenvalue weighted by atomic mass is 35.5. The lowest BCUT2D eigenvalue weighted by atomic mass is 10.2.